The molecule has 0 spiro atoms. The number of imidazole rings is 1. The largest absolute Gasteiger partial charge is 0.350 e. The van der Waals surface area contributed by atoms with Crippen molar-refractivity contribution < 1.29 is 13.6 Å². The van der Waals surface area contributed by atoms with Gasteiger partial charge in [-0.25, -0.2) is 18.7 Å². The van der Waals surface area contributed by atoms with Crippen LogP contribution in [-0.4, -0.2) is 56.5 Å². The number of hydrogen-bond donors (Lipinski definition) is 2. The maximum atomic E-state index is 13.7. The number of hydrogen-bond acceptors (Lipinski definition) is 6. The van der Waals surface area contributed by atoms with Crippen LogP contribution in [0.15, 0.2) is 42.6 Å². The quantitative estimate of drug-likeness (QED) is 0.317. The third kappa shape index (κ3) is 5.51. The van der Waals surface area contributed by atoms with Crippen LogP contribution in [0.5, 0.6) is 0 Å². The molecule has 2 aromatic heterocycles. The maximum Gasteiger partial charge on any atom is 0.253 e. The number of aromatic nitrogens is 4. The molecule has 40 heavy (non-hydrogen) atoms. The molecule has 0 unspecified atom stereocenters. The van der Waals surface area contributed by atoms with Crippen molar-refractivity contribution in [3.05, 3.63) is 70.4 Å². The summed E-state index contributed by atoms with van der Waals surface area (Å²) in [7, 11) is 0. The maximum absolute atomic E-state index is 13.7. The number of anilines is 1. The van der Waals surface area contributed by atoms with E-state index in [0.717, 1.165) is 69.6 Å². The number of rotatable bonds is 7. The minimum atomic E-state index is -0.899. The zero-order valence-corrected chi connectivity index (χ0v) is 22.7. The van der Waals surface area contributed by atoms with Crippen LogP contribution in [0.1, 0.15) is 41.6 Å². The van der Waals surface area contributed by atoms with Gasteiger partial charge in [-0.15, -0.1) is 0 Å². The minimum Gasteiger partial charge on any atom is -0.350 e. The monoisotopic (exact) mass is 565 g/mol. The first-order valence-electron chi connectivity index (χ1n) is 13.7. The van der Waals surface area contributed by atoms with E-state index < -0.39 is 11.6 Å². The Hall–Kier alpha value is -3.63. The summed E-state index contributed by atoms with van der Waals surface area (Å²) < 4.78 is 29.0. The van der Waals surface area contributed by atoms with Crippen molar-refractivity contribution in [2.24, 2.45) is 5.92 Å². The van der Waals surface area contributed by atoms with E-state index in [9.17, 15) is 13.6 Å². The average molecular weight is 566 g/mol. The first kappa shape index (κ1) is 26.6. The number of amides is 1. The fourth-order valence-corrected chi connectivity index (χ4v) is 5.75. The SMILES string of the molecule is O=C(c1ccc(-c2nc3cnc(NCc4ccc(F)c(F)c4)nc3n2C[C@@H]2CCCNC2)c(Cl)c1)N1CCCC1. The van der Waals surface area contributed by atoms with E-state index in [0.29, 0.717) is 51.5 Å². The molecule has 1 amide bonds. The van der Waals surface area contributed by atoms with E-state index in [-0.39, 0.29) is 12.5 Å². The third-order valence-electron chi connectivity index (χ3n) is 7.61. The number of benzene rings is 2. The second-order valence-electron chi connectivity index (χ2n) is 10.5. The van der Waals surface area contributed by atoms with Gasteiger partial charge in [0.15, 0.2) is 17.3 Å². The van der Waals surface area contributed by atoms with Gasteiger partial charge in [0, 0.05) is 37.3 Å². The molecule has 0 saturated carbocycles. The highest BCUT2D eigenvalue weighted by Crippen LogP contribution is 2.32. The molecule has 2 fully saturated rings. The van der Waals surface area contributed by atoms with Crippen LogP contribution < -0.4 is 10.6 Å². The number of fused-ring (bicyclic) bond motifs is 1. The lowest BCUT2D eigenvalue weighted by Gasteiger charge is -2.24. The number of likely N-dealkylation sites (tertiary alicyclic amines) is 1. The lowest BCUT2D eigenvalue weighted by molar-refractivity contribution is 0.0793. The second-order valence-corrected chi connectivity index (χ2v) is 10.9. The summed E-state index contributed by atoms with van der Waals surface area (Å²) in [6, 6.07) is 9.17. The Balaban J connectivity index is 1.33. The molecule has 2 aliphatic rings. The van der Waals surface area contributed by atoms with Crippen molar-refractivity contribution in [1.82, 2.24) is 29.7 Å². The Morgan fingerprint density at radius 1 is 1.07 bits per heavy atom. The standard InChI is InChI=1S/C29H30ClF2N7O/c30-22-13-20(28(40)38-10-1-2-11-38)6-7-21(22)26-36-25-16-35-29(34-15-18-5-8-23(31)24(32)12-18)37-27(25)39(26)17-19-4-3-9-33-14-19/h5-8,12-13,16,19,33H,1-4,9-11,14-15,17H2,(H,34,35,37)/t19-/m1/s1. The van der Waals surface area contributed by atoms with Gasteiger partial charge in [0.25, 0.3) is 5.91 Å². The Bertz CT molecular complexity index is 1550. The lowest BCUT2D eigenvalue weighted by atomic mass is 9.99. The summed E-state index contributed by atoms with van der Waals surface area (Å²) in [4.78, 5) is 28.8. The summed E-state index contributed by atoms with van der Waals surface area (Å²) >= 11 is 6.79. The average Bonchev–Trinajstić information content (AvgIpc) is 3.63. The van der Waals surface area contributed by atoms with Crippen molar-refractivity contribution >= 4 is 34.6 Å². The molecule has 0 aliphatic carbocycles. The summed E-state index contributed by atoms with van der Waals surface area (Å²) in [5, 5.41) is 7.02. The van der Waals surface area contributed by atoms with Crippen LogP contribution in [0.3, 0.4) is 0 Å². The molecule has 208 valence electrons. The molecule has 0 radical (unpaired) electrons. The molecule has 2 saturated heterocycles. The zero-order valence-electron chi connectivity index (χ0n) is 22.0. The van der Waals surface area contributed by atoms with Crippen molar-refractivity contribution in [2.45, 2.75) is 38.8 Å². The van der Waals surface area contributed by atoms with Crippen LogP contribution in [0.2, 0.25) is 5.02 Å². The molecule has 11 heteroatoms. The molecule has 8 nitrogen and oxygen atoms in total. The highest BCUT2D eigenvalue weighted by atomic mass is 35.5. The van der Waals surface area contributed by atoms with Gasteiger partial charge in [0.1, 0.15) is 11.3 Å². The van der Waals surface area contributed by atoms with Crippen LogP contribution in [0.4, 0.5) is 14.7 Å². The summed E-state index contributed by atoms with van der Waals surface area (Å²) in [6.45, 7) is 4.36. The summed E-state index contributed by atoms with van der Waals surface area (Å²) in [5.74, 6) is -0.391. The van der Waals surface area contributed by atoms with Gasteiger partial charge in [-0.1, -0.05) is 17.7 Å². The predicted octanol–water partition coefficient (Wildman–Crippen LogP) is 5.27. The molecular formula is C29H30ClF2N7O. The molecule has 2 aromatic carbocycles. The van der Waals surface area contributed by atoms with Gasteiger partial charge < -0.3 is 20.1 Å². The summed E-state index contributed by atoms with van der Waals surface area (Å²) in [5.41, 5.74) is 3.12. The first-order chi connectivity index (χ1) is 19.5. The van der Waals surface area contributed by atoms with Gasteiger partial charge in [-0.05, 0) is 80.6 Å². The Morgan fingerprint density at radius 3 is 2.67 bits per heavy atom. The van der Waals surface area contributed by atoms with Gasteiger partial charge >= 0.3 is 0 Å². The van der Waals surface area contributed by atoms with E-state index in [4.69, 9.17) is 21.6 Å². The topological polar surface area (TPSA) is 88.0 Å². The molecule has 0 bridgehead atoms. The van der Waals surface area contributed by atoms with Crippen LogP contribution in [0.25, 0.3) is 22.6 Å². The van der Waals surface area contributed by atoms with Crippen molar-refractivity contribution in [1.29, 1.82) is 0 Å². The minimum absolute atomic E-state index is 0.00430. The third-order valence-corrected chi connectivity index (χ3v) is 7.92. The Morgan fingerprint density at radius 2 is 1.93 bits per heavy atom. The number of carbonyl (C=O) groups is 1. The smallest absolute Gasteiger partial charge is 0.253 e. The van der Waals surface area contributed by atoms with Gasteiger partial charge in [0.2, 0.25) is 5.95 Å². The molecule has 2 N–H and O–H groups in total. The molecule has 4 aromatic rings. The van der Waals surface area contributed by atoms with E-state index >= 15 is 0 Å². The predicted molar refractivity (Wildman–Crippen MR) is 150 cm³/mol. The number of piperidine rings is 1. The molecule has 2 aliphatic heterocycles. The number of halogens is 3. The van der Waals surface area contributed by atoms with E-state index in [1.807, 2.05) is 17.0 Å². The second kappa shape index (κ2) is 11.5. The summed E-state index contributed by atoms with van der Waals surface area (Å²) in [6.07, 6.45) is 5.87. The zero-order chi connectivity index (χ0) is 27.6. The highest BCUT2D eigenvalue weighted by molar-refractivity contribution is 6.33. The van der Waals surface area contributed by atoms with Crippen LogP contribution in [-0.2, 0) is 13.1 Å². The first-order valence-corrected chi connectivity index (χ1v) is 14.0. The molecule has 1 atom stereocenters. The molecule has 6 rings (SSSR count). The van der Waals surface area contributed by atoms with E-state index in [1.165, 1.54) is 6.07 Å². The highest BCUT2D eigenvalue weighted by Gasteiger charge is 2.24. The fourth-order valence-electron chi connectivity index (χ4n) is 5.48. The van der Waals surface area contributed by atoms with E-state index in [1.54, 1.807) is 12.3 Å². The van der Waals surface area contributed by atoms with Gasteiger partial charge in [-0.3, -0.25) is 4.79 Å². The van der Waals surface area contributed by atoms with E-state index in [2.05, 4.69) is 20.2 Å². The van der Waals surface area contributed by atoms with Crippen molar-refractivity contribution in [2.75, 3.05) is 31.5 Å². The molecule has 4 heterocycles. The van der Waals surface area contributed by atoms with Crippen molar-refractivity contribution in [3.8, 4) is 11.4 Å². The fraction of sp³-hybridized carbons (Fsp3) is 0.379. The van der Waals surface area contributed by atoms with Gasteiger partial charge in [-0.2, -0.15) is 4.98 Å². The Labute approximate surface area is 235 Å². The Kier molecular flexibility index (Phi) is 7.62. The van der Waals surface area contributed by atoms with Crippen molar-refractivity contribution in [3.63, 3.8) is 0 Å². The number of nitrogens with one attached hydrogen (secondary N) is 2. The number of carbonyl (C=O) groups excluding carboxylic acids is 1. The number of nitrogens with zero attached hydrogens (tertiary/aromatic N) is 5. The van der Waals surface area contributed by atoms with Crippen LogP contribution >= 0.6 is 11.6 Å². The molecular weight excluding hydrogens is 536 g/mol. The van der Waals surface area contributed by atoms with Crippen LogP contribution in [0, 0.1) is 17.6 Å². The normalized spacial score (nSPS) is 17.5. The van der Waals surface area contributed by atoms with Gasteiger partial charge in [0.05, 0.1) is 11.2 Å². The lowest BCUT2D eigenvalue weighted by Crippen LogP contribution is -2.32.